The van der Waals surface area contributed by atoms with Gasteiger partial charge in [-0.2, -0.15) is 0 Å². The van der Waals surface area contributed by atoms with Crippen LogP contribution in [0.1, 0.15) is 123 Å². The maximum absolute atomic E-state index is 12.1. The number of piperidine rings is 1. The van der Waals surface area contributed by atoms with E-state index >= 15 is 0 Å². The predicted octanol–water partition coefficient (Wildman–Crippen LogP) is 4.95. The van der Waals surface area contributed by atoms with Gasteiger partial charge in [0.05, 0.1) is 29.9 Å². The number of aliphatic carboxylic acids is 1. The molecule has 1 heterocycles. The molecule has 0 amide bonds. The summed E-state index contributed by atoms with van der Waals surface area (Å²) in [5.41, 5.74) is 5.30. The third-order valence-electron chi connectivity index (χ3n) is 10.9. The molecule has 1 aliphatic heterocycles. The molecule has 0 aromatic heterocycles. The Morgan fingerprint density at radius 1 is 1.05 bits per heavy atom. The van der Waals surface area contributed by atoms with Gasteiger partial charge in [0.15, 0.2) is 0 Å². The highest BCUT2D eigenvalue weighted by molar-refractivity contribution is 5.70. The molecule has 1 saturated heterocycles. The van der Waals surface area contributed by atoms with Crippen LogP contribution in [0.2, 0.25) is 0 Å². The number of hydrogen-bond donors (Lipinski definition) is 7. The van der Waals surface area contributed by atoms with Crippen LogP contribution in [0.15, 0.2) is 12.2 Å². The minimum absolute atomic E-state index is 0.0536. The van der Waals surface area contributed by atoms with Crippen LogP contribution in [0, 0.1) is 35.5 Å². The summed E-state index contributed by atoms with van der Waals surface area (Å²) in [4.78, 5) is 12.1. The number of allylic oxidation sites excluding steroid dienone is 1. The Morgan fingerprint density at radius 2 is 1.81 bits per heavy atom. The Kier molecular flexibility index (Phi) is 16.0. The fourth-order valence-corrected chi connectivity index (χ4v) is 8.29. The molecule has 2 aliphatic carbocycles. The Balaban J connectivity index is 1.41. The first kappa shape index (κ1) is 36.4. The van der Waals surface area contributed by atoms with E-state index < -0.39 is 23.6 Å². The third-order valence-corrected chi connectivity index (χ3v) is 10.9. The summed E-state index contributed by atoms with van der Waals surface area (Å²) in [5, 5.41) is 49.9. The predicted molar refractivity (Wildman–Crippen MR) is 173 cm³/mol. The monoisotopic (exact) mass is 607 g/mol. The average molecular weight is 608 g/mol. The first-order chi connectivity index (χ1) is 20.6. The molecule has 43 heavy (non-hydrogen) atoms. The molecule has 10 atom stereocenters. The normalized spacial score (nSPS) is 34.3. The Labute approximate surface area is 261 Å². The number of hydrogen-bond acceptors (Lipinski definition) is 7. The molecule has 0 radical (unpaired) electrons. The fourth-order valence-electron chi connectivity index (χ4n) is 8.29. The lowest BCUT2D eigenvalue weighted by Crippen LogP contribution is -2.44. The van der Waals surface area contributed by atoms with E-state index in [0.717, 1.165) is 77.4 Å². The molecule has 8 N–H and O–H groups in total. The zero-order valence-corrected chi connectivity index (χ0v) is 27.3. The van der Waals surface area contributed by atoms with Crippen molar-refractivity contribution in [3.8, 4) is 0 Å². The number of rotatable bonds is 20. The van der Waals surface area contributed by atoms with E-state index in [1.165, 1.54) is 19.3 Å². The molecule has 3 aliphatic rings. The van der Waals surface area contributed by atoms with Crippen molar-refractivity contribution in [3.05, 3.63) is 12.2 Å². The summed E-state index contributed by atoms with van der Waals surface area (Å²) in [6.07, 6.45) is 18.3. The van der Waals surface area contributed by atoms with Crippen molar-refractivity contribution >= 4 is 5.97 Å². The summed E-state index contributed by atoms with van der Waals surface area (Å²) in [7, 11) is 0. The number of carboxylic acid groups (broad SMARTS) is 1. The highest BCUT2D eigenvalue weighted by Gasteiger charge is 2.45. The molecule has 250 valence electrons. The van der Waals surface area contributed by atoms with Crippen molar-refractivity contribution in [2.24, 2.45) is 41.2 Å². The van der Waals surface area contributed by atoms with E-state index in [0.29, 0.717) is 55.8 Å². The zero-order valence-electron chi connectivity index (χ0n) is 27.3. The van der Waals surface area contributed by atoms with Crippen LogP contribution in [-0.2, 0) is 4.79 Å². The van der Waals surface area contributed by atoms with Gasteiger partial charge < -0.3 is 36.8 Å². The molecule has 2 fully saturated rings. The maximum atomic E-state index is 12.1. The lowest BCUT2D eigenvalue weighted by atomic mass is 9.81. The largest absolute Gasteiger partial charge is 0.481 e. The first-order valence-electron chi connectivity index (χ1n) is 17.8. The van der Waals surface area contributed by atoms with Crippen LogP contribution < -0.4 is 16.4 Å². The summed E-state index contributed by atoms with van der Waals surface area (Å²) in [6, 6.07) is 0. The van der Waals surface area contributed by atoms with Gasteiger partial charge in [0.1, 0.15) is 0 Å². The van der Waals surface area contributed by atoms with Crippen molar-refractivity contribution in [2.45, 2.75) is 147 Å². The van der Waals surface area contributed by atoms with Crippen molar-refractivity contribution in [1.82, 2.24) is 10.6 Å². The second kappa shape index (κ2) is 18.8. The fraction of sp³-hybridized carbons (Fsp3) is 0.914. The second-order valence-corrected chi connectivity index (χ2v) is 14.4. The van der Waals surface area contributed by atoms with E-state index in [4.69, 9.17) is 5.73 Å². The second-order valence-electron chi connectivity index (χ2n) is 14.4. The van der Waals surface area contributed by atoms with Gasteiger partial charge in [-0.15, -0.1) is 0 Å². The number of unbranched alkanes of at least 4 members (excludes halogenated alkanes) is 4. The quantitative estimate of drug-likeness (QED) is 0.0759. The van der Waals surface area contributed by atoms with E-state index in [9.17, 15) is 25.2 Å². The minimum atomic E-state index is -0.956. The molecule has 0 aromatic carbocycles. The van der Waals surface area contributed by atoms with Crippen LogP contribution >= 0.6 is 0 Å². The van der Waals surface area contributed by atoms with Gasteiger partial charge in [0, 0.05) is 5.92 Å². The van der Waals surface area contributed by atoms with Crippen LogP contribution in [0.25, 0.3) is 0 Å². The van der Waals surface area contributed by atoms with Crippen molar-refractivity contribution in [1.29, 1.82) is 0 Å². The number of carboxylic acids is 1. The van der Waals surface area contributed by atoms with Crippen LogP contribution in [0.5, 0.6) is 0 Å². The summed E-state index contributed by atoms with van der Waals surface area (Å²) in [6.45, 7) is 7.05. The molecule has 0 aromatic rings. The summed E-state index contributed by atoms with van der Waals surface area (Å²) >= 11 is 0. The molecular formula is C35H65N3O5. The van der Waals surface area contributed by atoms with Gasteiger partial charge >= 0.3 is 5.97 Å². The standard InChI is InChI=1S/C35H65N3O5/c1-3-5-7-10-25-13-14-27(32(40)20-25)11-8-6-9-12-30(34(41)42)31(39)15-17-35(43)22-28(29(23-35)24-37-4-2)19-26-16-18-38-33(36)21-26/h13-14,25-33,37-40,43H,3-12,15-24,36H2,1-2H3,(H,41,42)/t25-,26?,27+,28+,29-,30-,31+,32+,33?,35-/m0/s1. The van der Waals surface area contributed by atoms with Gasteiger partial charge in [-0.25, -0.2) is 0 Å². The minimum Gasteiger partial charge on any atom is -0.481 e. The number of nitrogens with two attached hydrogens (primary N) is 1. The molecule has 3 rings (SSSR count). The molecule has 0 spiro atoms. The van der Waals surface area contributed by atoms with E-state index in [2.05, 4.69) is 36.6 Å². The molecule has 8 nitrogen and oxygen atoms in total. The van der Waals surface area contributed by atoms with Crippen LogP contribution in [-0.4, -0.2) is 70.0 Å². The van der Waals surface area contributed by atoms with Crippen LogP contribution in [0.4, 0.5) is 0 Å². The topological polar surface area (TPSA) is 148 Å². The molecular weight excluding hydrogens is 542 g/mol. The smallest absolute Gasteiger partial charge is 0.309 e. The average Bonchev–Trinajstić information content (AvgIpc) is 3.28. The number of aliphatic hydroxyl groups excluding tert-OH is 2. The van der Waals surface area contributed by atoms with Gasteiger partial charge in [0.25, 0.3) is 0 Å². The first-order valence-corrected chi connectivity index (χ1v) is 17.8. The van der Waals surface area contributed by atoms with Crippen molar-refractivity contribution in [3.63, 3.8) is 0 Å². The molecule has 8 heteroatoms. The Morgan fingerprint density at radius 3 is 2.51 bits per heavy atom. The van der Waals surface area contributed by atoms with Gasteiger partial charge in [-0.3, -0.25) is 4.79 Å². The number of carbonyl (C=O) groups is 1. The van der Waals surface area contributed by atoms with Gasteiger partial charge in [-0.1, -0.05) is 64.5 Å². The summed E-state index contributed by atoms with van der Waals surface area (Å²) < 4.78 is 0. The lowest BCUT2D eigenvalue weighted by molar-refractivity contribution is -0.146. The zero-order chi connectivity index (χ0) is 31.2. The van der Waals surface area contributed by atoms with Crippen LogP contribution in [0.3, 0.4) is 0 Å². The highest BCUT2D eigenvalue weighted by atomic mass is 16.4. The number of nitrogens with one attached hydrogen (secondary N) is 2. The maximum Gasteiger partial charge on any atom is 0.309 e. The van der Waals surface area contributed by atoms with Crippen molar-refractivity contribution in [2.75, 3.05) is 19.6 Å². The van der Waals surface area contributed by atoms with Crippen molar-refractivity contribution < 1.29 is 25.2 Å². The van der Waals surface area contributed by atoms with Gasteiger partial charge in [-0.05, 0) is 114 Å². The molecule has 1 saturated carbocycles. The van der Waals surface area contributed by atoms with E-state index in [1.807, 2.05) is 0 Å². The Hall–Kier alpha value is -1.03. The number of aliphatic hydroxyl groups is 3. The van der Waals surface area contributed by atoms with E-state index in [1.54, 1.807) is 0 Å². The van der Waals surface area contributed by atoms with E-state index in [-0.39, 0.29) is 18.2 Å². The summed E-state index contributed by atoms with van der Waals surface area (Å²) in [5.74, 6) is 0.302. The highest BCUT2D eigenvalue weighted by Crippen LogP contribution is 2.46. The third kappa shape index (κ3) is 12.4. The Bertz CT molecular complexity index is 827. The SMILES string of the molecule is CCCCC[C@H]1C=C[C@@H](CCCCC[C@H](C(=O)O)[C@H](O)CC[C@@]2(O)C[C@@H](CNCC)[C@H](CC3CCNC(N)C3)C2)[C@H](O)C1. The molecule has 2 unspecified atom stereocenters. The lowest BCUT2D eigenvalue weighted by Gasteiger charge is -2.31. The van der Waals surface area contributed by atoms with Gasteiger partial charge in [0.2, 0.25) is 0 Å². The molecule has 0 bridgehead atoms.